The van der Waals surface area contributed by atoms with E-state index in [2.05, 4.69) is 15.9 Å². The van der Waals surface area contributed by atoms with Gasteiger partial charge in [-0.1, -0.05) is 6.07 Å². The predicted molar refractivity (Wildman–Crippen MR) is 73.9 cm³/mol. The van der Waals surface area contributed by atoms with E-state index in [0.29, 0.717) is 5.56 Å². The van der Waals surface area contributed by atoms with Crippen molar-refractivity contribution in [2.45, 2.75) is 19.9 Å². The van der Waals surface area contributed by atoms with Crippen LogP contribution in [0.4, 0.5) is 4.39 Å². The van der Waals surface area contributed by atoms with Crippen molar-refractivity contribution < 1.29 is 4.39 Å². The summed E-state index contributed by atoms with van der Waals surface area (Å²) in [7, 11) is 0. The van der Waals surface area contributed by atoms with Crippen molar-refractivity contribution in [1.29, 1.82) is 0 Å². The third-order valence-corrected chi connectivity index (χ3v) is 4.67. The maximum atomic E-state index is 14.0. The molecule has 1 nitrogen and oxygen atoms in total. The maximum absolute atomic E-state index is 14.0. The number of thiophene rings is 1. The highest BCUT2D eigenvalue weighted by Crippen LogP contribution is 2.34. The molecular weight excluding hydrogens is 301 g/mol. The molecule has 1 aromatic carbocycles. The van der Waals surface area contributed by atoms with Crippen LogP contribution >= 0.6 is 27.3 Å². The summed E-state index contributed by atoms with van der Waals surface area (Å²) in [5, 5.41) is 1.95. The lowest BCUT2D eigenvalue weighted by Gasteiger charge is -2.15. The van der Waals surface area contributed by atoms with E-state index >= 15 is 0 Å². The van der Waals surface area contributed by atoms with Crippen LogP contribution in [0.2, 0.25) is 0 Å². The molecule has 0 radical (unpaired) electrons. The number of nitrogens with two attached hydrogens (primary N) is 1. The summed E-state index contributed by atoms with van der Waals surface area (Å²) in [5.74, 6) is -0.227. The lowest BCUT2D eigenvalue weighted by atomic mass is 9.98. The molecule has 4 heteroatoms. The smallest absolute Gasteiger partial charge is 0.128 e. The predicted octanol–water partition coefficient (Wildman–Crippen LogP) is 4.31. The van der Waals surface area contributed by atoms with E-state index in [9.17, 15) is 4.39 Å². The molecule has 1 heterocycles. The number of rotatable bonds is 2. The van der Waals surface area contributed by atoms with Crippen LogP contribution in [0.3, 0.4) is 0 Å². The van der Waals surface area contributed by atoms with Crippen LogP contribution in [0.5, 0.6) is 0 Å². The van der Waals surface area contributed by atoms with E-state index in [4.69, 9.17) is 5.73 Å². The zero-order valence-corrected chi connectivity index (χ0v) is 12.0. The van der Waals surface area contributed by atoms with Crippen molar-refractivity contribution in [2.75, 3.05) is 0 Å². The zero-order chi connectivity index (χ0) is 12.6. The van der Waals surface area contributed by atoms with E-state index in [0.717, 1.165) is 20.5 Å². The van der Waals surface area contributed by atoms with Gasteiger partial charge < -0.3 is 5.73 Å². The number of halogens is 2. The summed E-state index contributed by atoms with van der Waals surface area (Å²) >= 11 is 4.97. The second-order valence-corrected chi connectivity index (χ2v) is 5.89. The molecule has 0 aliphatic rings. The SMILES string of the molecule is Cc1cc(C)c(C(N)c2sccc2Br)c(F)c1. The van der Waals surface area contributed by atoms with E-state index in [-0.39, 0.29) is 5.82 Å². The van der Waals surface area contributed by atoms with E-state index in [1.165, 1.54) is 17.4 Å². The molecule has 1 aromatic heterocycles. The minimum absolute atomic E-state index is 0.227. The number of benzene rings is 1. The Kier molecular flexibility index (Phi) is 3.66. The van der Waals surface area contributed by atoms with Gasteiger partial charge in [0, 0.05) is 14.9 Å². The van der Waals surface area contributed by atoms with Crippen LogP contribution in [0.25, 0.3) is 0 Å². The van der Waals surface area contributed by atoms with Gasteiger partial charge in [0.1, 0.15) is 5.82 Å². The third-order valence-electron chi connectivity index (χ3n) is 2.72. The molecule has 90 valence electrons. The molecule has 0 aliphatic carbocycles. The highest BCUT2D eigenvalue weighted by atomic mass is 79.9. The maximum Gasteiger partial charge on any atom is 0.128 e. The van der Waals surface area contributed by atoms with Gasteiger partial charge in [0.15, 0.2) is 0 Å². The lowest BCUT2D eigenvalue weighted by molar-refractivity contribution is 0.597. The van der Waals surface area contributed by atoms with Crippen LogP contribution in [0.15, 0.2) is 28.1 Å². The monoisotopic (exact) mass is 313 g/mol. The van der Waals surface area contributed by atoms with Crippen LogP contribution in [-0.2, 0) is 0 Å². The molecule has 0 aliphatic heterocycles. The topological polar surface area (TPSA) is 26.0 Å². The second-order valence-electron chi connectivity index (χ2n) is 4.09. The fourth-order valence-corrected chi connectivity index (χ4v) is 3.61. The molecule has 1 unspecified atom stereocenters. The van der Waals surface area contributed by atoms with Gasteiger partial charge in [-0.3, -0.25) is 0 Å². The zero-order valence-electron chi connectivity index (χ0n) is 9.63. The summed E-state index contributed by atoms with van der Waals surface area (Å²) in [6, 6.07) is 5.01. The van der Waals surface area contributed by atoms with Crippen LogP contribution in [-0.4, -0.2) is 0 Å². The van der Waals surface area contributed by atoms with Gasteiger partial charge in [-0.2, -0.15) is 0 Å². The Hall–Kier alpha value is -0.710. The molecule has 0 amide bonds. The standard InChI is InChI=1S/C13H13BrFNS/c1-7-5-8(2)11(10(15)6-7)12(16)13-9(14)3-4-17-13/h3-6,12H,16H2,1-2H3. The van der Waals surface area contributed by atoms with Gasteiger partial charge in [-0.25, -0.2) is 4.39 Å². The highest BCUT2D eigenvalue weighted by Gasteiger charge is 2.19. The number of aryl methyl sites for hydroxylation is 2. The van der Waals surface area contributed by atoms with Crippen molar-refractivity contribution in [3.05, 3.63) is 55.4 Å². The molecule has 17 heavy (non-hydrogen) atoms. The molecule has 2 N–H and O–H groups in total. The molecule has 0 bridgehead atoms. The first kappa shape index (κ1) is 12.7. The summed E-state index contributed by atoms with van der Waals surface area (Å²) in [4.78, 5) is 0.954. The fraction of sp³-hybridized carbons (Fsp3) is 0.231. The fourth-order valence-electron chi connectivity index (χ4n) is 1.98. The lowest BCUT2D eigenvalue weighted by Crippen LogP contribution is -2.14. The Morgan fingerprint density at radius 3 is 2.59 bits per heavy atom. The van der Waals surface area contributed by atoms with Crippen molar-refractivity contribution >= 4 is 27.3 Å². The Balaban J connectivity index is 2.51. The van der Waals surface area contributed by atoms with Gasteiger partial charge in [0.25, 0.3) is 0 Å². The quantitative estimate of drug-likeness (QED) is 0.878. The molecule has 0 fully saturated rings. The van der Waals surface area contributed by atoms with Gasteiger partial charge in [-0.05, 0) is 58.4 Å². The first-order chi connectivity index (χ1) is 8.00. The van der Waals surface area contributed by atoms with Gasteiger partial charge in [0.05, 0.1) is 6.04 Å². The normalized spacial score (nSPS) is 12.8. The molecule has 0 spiro atoms. The summed E-state index contributed by atoms with van der Waals surface area (Å²) in [6.45, 7) is 3.78. The van der Waals surface area contributed by atoms with Gasteiger partial charge in [0.2, 0.25) is 0 Å². The molecule has 0 saturated heterocycles. The van der Waals surface area contributed by atoms with Crippen molar-refractivity contribution in [1.82, 2.24) is 0 Å². The van der Waals surface area contributed by atoms with E-state index < -0.39 is 6.04 Å². The summed E-state index contributed by atoms with van der Waals surface area (Å²) < 4.78 is 14.9. The van der Waals surface area contributed by atoms with Crippen LogP contribution in [0.1, 0.15) is 27.6 Å². The molecule has 1 atom stereocenters. The minimum Gasteiger partial charge on any atom is -0.319 e. The first-order valence-electron chi connectivity index (χ1n) is 5.26. The molecule has 0 saturated carbocycles. The Labute approximate surface area is 113 Å². The van der Waals surface area contributed by atoms with Crippen molar-refractivity contribution in [3.8, 4) is 0 Å². The summed E-state index contributed by atoms with van der Waals surface area (Å²) in [5.41, 5.74) is 8.55. The van der Waals surface area contributed by atoms with Crippen molar-refractivity contribution in [2.24, 2.45) is 5.73 Å². The minimum atomic E-state index is -0.412. The second kappa shape index (κ2) is 4.88. The number of hydrogen-bond acceptors (Lipinski definition) is 2. The van der Waals surface area contributed by atoms with Gasteiger partial charge >= 0.3 is 0 Å². The molecular formula is C13H13BrFNS. The van der Waals surface area contributed by atoms with E-state index in [1.54, 1.807) is 0 Å². The number of hydrogen-bond donors (Lipinski definition) is 1. The Morgan fingerprint density at radius 1 is 1.35 bits per heavy atom. The average molecular weight is 314 g/mol. The Morgan fingerprint density at radius 2 is 2.06 bits per heavy atom. The van der Waals surface area contributed by atoms with Crippen LogP contribution in [0, 0.1) is 19.7 Å². The molecule has 2 aromatic rings. The Bertz CT molecular complexity index is 527. The third kappa shape index (κ3) is 2.44. The first-order valence-corrected chi connectivity index (χ1v) is 6.93. The highest BCUT2D eigenvalue weighted by molar-refractivity contribution is 9.10. The average Bonchev–Trinajstić information content (AvgIpc) is 2.62. The van der Waals surface area contributed by atoms with E-state index in [1.807, 2.05) is 31.4 Å². The van der Waals surface area contributed by atoms with Crippen molar-refractivity contribution in [3.63, 3.8) is 0 Å². The van der Waals surface area contributed by atoms with Crippen LogP contribution < -0.4 is 5.73 Å². The largest absolute Gasteiger partial charge is 0.319 e. The summed E-state index contributed by atoms with van der Waals surface area (Å²) in [6.07, 6.45) is 0. The molecule has 2 rings (SSSR count). The van der Waals surface area contributed by atoms with Gasteiger partial charge in [-0.15, -0.1) is 11.3 Å².